The number of aromatic nitrogens is 3. The van der Waals surface area contributed by atoms with Crippen LogP contribution in [0.2, 0.25) is 0 Å². The molecular formula is C21H18Br2N4O. The fraction of sp³-hybridized carbons (Fsp3) is 0.190. The fourth-order valence-electron chi connectivity index (χ4n) is 3.08. The van der Waals surface area contributed by atoms with E-state index in [1.165, 1.54) is 4.68 Å². The number of fused-ring (bicyclic) bond motifs is 2. The maximum absolute atomic E-state index is 13.2. The van der Waals surface area contributed by atoms with Crippen LogP contribution < -0.4 is 5.56 Å². The smallest absolute Gasteiger partial charge is 0.282 e. The first-order valence-electron chi connectivity index (χ1n) is 8.78. The number of benzene rings is 2. The lowest BCUT2D eigenvalue weighted by Gasteiger charge is -2.20. The van der Waals surface area contributed by atoms with Crippen molar-refractivity contribution in [3.8, 4) is 0 Å². The summed E-state index contributed by atoms with van der Waals surface area (Å²) in [5.41, 5.74) is 2.04. The largest absolute Gasteiger partial charge is 0.361 e. The summed E-state index contributed by atoms with van der Waals surface area (Å²) in [6.07, 6.45) is 3.58. The highest BCUT2D eigenvalue weighted by Crippen LogP contribution is 2.24. The van der Waals surface area contributed by atoms with E-state index in [0.717, 1.165) is 25.4 Å². The highest BCUT2D eigenvalue weighted by molar-refractivity contribution is 9.10. The number of H-pyrrole nitrogens is 1. The summed E-state index contributed by atoms with van der Waals surface area (Å²) < 4.78 is 3.23. The van der Waals surface area contributed by atoms with Crippen molar-refractivity contribution in [1.29, 1.82) is 0 Å². The number of rotatable bonds is 2. The van der Waals surface area contributed by atoms with Gasteiger partial charge in [-0.05, 0) is 36.4 Å². The van der Waals surface area contributed by atoms with Crippen LogP contribution >= 0.6 is 31.9 Å². The van der Waals surface area contributed by atoms with Crippen molar-refractivity contribution in [3.05, 3.63) is 73.3 Å². The normalized spacial score (nSPS) is 12.5. The molecule has 0 fully saturated rings. The highest BCUT2D eigenvalue weighted by Gasteiger charge is 2.23. The Bertz CT molecular complexity index is 1300. The fourth-order valence-corrected chi connectivity index (χ4v) is 3.80. The number of aromatic amines is 1. The molecule has 0 radical (unpaired) electrons. The molecule has 0 aliphatic carbocycles. The van der Waals surface area contributed by atoms with Crippen molar-refractivity contribution < 1.29 is 0 Å². The number of nitrogens with one attached hydrogen (secondary N) is 1. The zero-order valence-electron chi connectivity index (χ0n) is 15.6. The maximum Gasteiger partial charge on any atom is 0.282 e. The van der Waals surface area contributed by atoms with E-state index in [4.69, 9.17) is 4.98 Å². The lowest BCUT2D eigenvalue weighted by molar-refractivity contribution is 0.506. The third-order valence-corrected chi connectivity index (χ3v) is 5.45. The second-order valence-electron chi connectivity index (χ2n) is 7.64. The average Bonchev–Trinajstić information content (AvgIpc) is 3.02. The summed E-state index contributed by atoms with van der Waals surface area (Å²) in [5.74, 6) is 0.615. The molecule has 5 nitrogen and oxygen atoms in total. The Balaban J connectivity index is 1.93. The second kappa shape index (κ2) is 6.97. The molecule has 2 heterocycles. The minimum Gasteiger partial charge on any atom is -0.361 e. The Morgan fingerprint density at radius 2 is 1.75 bits per heavy atom. The molecule has 0 aliphatic rings. The van der Waals surface area contributed by atoms with Gasteiger partial charge in [0.05, 0.1) is 17.1 Å². The first-order chi connectivity index (χ1) is 13.2. The summed E-state index contributed by atoms with van der Waals surface area (Å²) in [6, 6.07) is 11.5. The molecular weight excluding hydrogens is 484 g/mol. The van der Waals surface area contributed by atoms with E-state index in [1.807, 2.05) is 57.3 Å². The van der Waals surface area contributed by atoms with Crippen LogP contribution in [0.5, 0.6) is 0 Å². The molecule has 0 saturated heterocycles. The summed E-state index contributed by atoms with van der Waals surface area (Å²) in [6.45, 7) is 6.07. The van der Waals surface area contributed by atoms with E-state index in [0.29, 0.717) is 16.7 Å². The first kappa shape index (κ1) is 19.1. The molecule has 4 rings (SSSR count). The molecule has 2 aromatic carbocycles. The van der Waals surface area contributed by atoms with Gasteiger partial charge in [-0.3, -0.25) is 4.79 Å². The van der Waals surface area contributed by atoms with Gasteiger partial charge in [0.1, 0.15) is 5.82 Å². The van der Waals surface area contributed by atoms with Crippen LogP contribution in [0.3, 0.4) is 0 Å². The van der Waals surface area contributed by atoms with Gasteiger partial charge < -0.3 is 4.98 Å². The summed E-state index contributed by atoms with van der Waals surface area (Å²) in [4.78, 5) is 21.2. The van der Waals surface area contributed by atoms with E-state index < -0.39 is 0 Å². The van der Waals surface area contributed by atoms with Crippen LogP contribution in [0.4, 0.5) is 0 Å². The van der Waals surface area contributed by atoms with Crippen LogP contribution in [-0.4, -0.2) is 20.9 Å². The molecule has 7 heteroatoms. The van der Waals surface area contributed by atoms with E-state index in [1.54, 1.807) is 12.3 Å². The molecule has 4 aromatic rings. The monoisotopic (exact) mass is 500 g/mol. The molecule has 0 saturated carbocycles. The number of nitrogens with zero attached hydrogens (tertiary/aromatic N) is 3. The molecule has 0 bridgehead atoms. The Labute approximate surface area is 178 Å². The third-order valence-electron chi connectivity index (χ3n) is 4.47. The van der Waals surface area contributed by atoms with Gasteiger partial charge in [0.15, 0.2) is 0 Å². The van der Waals surface area contributed by atoms with Crippen molar-refractivity contribution in [1.82, 2.24) is 14.6 Å². The van der Waals surface area contributed by atoms with Crippen LogP contribution in [-0.2, 0) is 5.41 Å². The predicted octanol–water partition coefficient (Wildman–Crippen LogP) is 5.58. The maximum atomic E-state index is 13.2. The van der Waals surface area contributed by atoms with Gasteiger partial charge >= 0.3 is 0 Å². The first-order valence-corrected chi connectivity index (χ1v) is 10.4. The molecule has 0 atom stereocenters. The molecule has 0 aliphatic heterocycles. The summed E-state index contributed by atoms with van der Waals surface area (Å²) in [5, 5.41) is 6.10. The van der Waals surface area contributed by atoms with Crippen molar-refractivity contribution in [2.45, 2.75) is 26.2 Å². The zero-order valence-corrected chi connectivity index (χ0v) is 18.8. The van der Waals surface area contributed by atoms with Gasteiger partial charge in [0, 0.05) is 37.0 Å². The number of halogens is 2. The van der Waals surface area contributed by atoms with Gasteiger partial charge in [-0.15, -0.1) is 0 Å². The van der Waals surface area contributed by atoms with Crippen LogP contribution in [0.1, 0.15) is 32.2 Å². The second-order valence-corrected chi connectivity index (χ2v) is 9.47. The number of hydrogen-bond acceptors (Lipinski definition) is 3. The Morgan fingerprint density at radius 3 is 2.46 bits per heavy atom. The highest BCUT2D eigenvalue weighted by atomic mass is 79.9. The molecule has 0 spiro atoms. The Hall–Kier alpha value is -2.25. The van der Waals surface area contributed by atoms with Gasteiger partial charge in [0.2, 0.25) is 0 Å². The zero-order chi connectivity index (χ0) is 20.1. The summed E-state index contributed by atoms with van der Waals surface area (Å²) >= 11 is 6.93. The minimum absolute atomic E-state index is 0.187. The summed E-state index contributed by atoms with van der Waals surface area (Å²) in [7, 11) is 0. The van der Waals surface area contributed by atoms with Crippen molar-refractivity contribution in [2.75, 3.05) is 0 Å². The molecule has 2 aromatic heterocycles. The van der Waals surface area contributed by atoms with Gasteiger partial charge in [-0.25, -0.2) is 4.98 Å². The van der Waals surface area contributed by atoms with Crippen LogP contribution in [0.15, 0.2) is 61.4 Å². The molecule has 0 unspecified atom stereocenters. The predicted molar refractivity (Wildman–Crippen MR) is 121 cm³/mol. The van der Waals surface area contributed by atoms with E-state index in [-0.39, 0.29) is 11.0 Å². The topological polar surface area (TPSA) is 63.0 Å². The van der Waals surface area contributed by atoms with Crippen molar-refractivity contribution >= 4 is 59.9 Å². The van der Waals surface area contributed by atoms with Gasteiger partial charge in [-0.2, -0.15) is 9.78 Å². The van der Waals surface area contributed by atoms with E-state index in [9.17, 15) is 4.79 Å². The van der Waals surface area contributed by atoms with Gasteiger partial charge in [-0.1, -0.05) is 52.6 Å². The Morgan fingerprint density at radius 1 is 1.07 bits per heavy atom. The van der Waals surface area contributed by atoms with Crippen LogP contribution in [0.25, 0.3) is 21.8 Å². The van der Waals surface area contributed by atoms with E-state index >= 15 is 0 Å². The van der Waals surface area contributed by atoms with Crippen molar-refractivity contribution in [3.63, 3.8) is 0 Å². The number of hydrogen-bond donors (Lipinski definition) is 1. The Kier molecular flexibility index (Phi) is 4.75. The molecule has 28 heavy (non-hydrogen) atoms. The average molecular weight is 502 g/mol. The molecule has 0 amide bonds. The van der Waals surface area contributed by atoms with E-state index in [2.05, 4.69) is 41.9 Å². The standard InChI is InChI=1S/C21H18Br2N4O/c1-21(2,3)20-26-18-7-5-14(23)9-16(18)19(28)27(20)25-11-12-10-24-17-6-4-13(22)8-15(12)17/h4-11,24H,1-3H3. The van der Waals surface area contributed by atoms with Gasteiger partial charge in [0.25, 0.3) is 5.56 Å². The lowest BCUT2D eigenvalue weighted by atomic mass is 9.95. The van der Waals surface area contributed by atoms with Crippen LogP contribution in [0, 0.1) is 0 Å². The minimum atomic E-state index is -0.346. The molecule has 1 N–H and O–H groups in total. The third kappa shape index (κ3) is 3.44. The lowest BCUT2D eigenvalue weighted by Crippen LogP contribution is -2.29. The SMILES string of the molecule is CC(C)(C)c1nc2ccc(Br)cc2c(=O)n1N=Cc1c[nH]c2ccc(Br)cc12. The quantitative estimate of drug-likeness (QED) is 0.364. The molecule has 142 valence electrons. The van der Waals surface area contributed by atoms with Crippen molar-refractivity contribution in [2.24, 2.45) is 5.10 Å².